The number of rotatable bonds is 7. The van der Waals surface area contributed by atoms with Gasteiger partial charge < -0.3 is 10.1 Å². The van der Waals surface area contributed by atoms with Crippen LogP contribution >= 0.6 is 11.8 Å². The fraction of sp³-hybridized carbons (Fsp3) is 0.182. The number of benzene rings is 3. The zero-order valence-electron chi connectivity index (χ0n) is 16.6. The first-order valence-corrected chi connectivity index (χ1v) is 10.5. The minimum absolute atomic E-state index is 0.0880. The van der Waals surface area contributed by atoms with Crippen molar-refractivity contribution in [3.05, 3.63) is 72.3 Å². The Morgan fingerprint density at radius 2 is 1.87 bits per heavy atom. The second-order valence-corrected chi connectivity index (χ2v) is 7.63. The monoisotopic (exact) mass is 419 g/mol. The number of tetrazole rings is 1. The number of thioether (sulfide) groups is 1. The molecule has 7 nitrogen and oxygen atoms in total. The first-order valence-electron chi connectivity index (χ1n) is 9.49. The summed E-state index contributed by atoms with van der Waals surface area (Å²) in [6.45, 7) is 1.99. The Balaban J connectivity index is 1.44. The number of nitrogens with one attached hydrogen (secondary N) is 1. The van der Waals surface area contributed by atoms with Gasteiger partial charge in [-0.3, -0.25) is 4.79 Å². The van der Waals surface area contributed by atoms with E-state index in [2.05, 4.69) is 39.0 Å². The molecule has 30 heavy (non-hydrogen) atoms. The summed E-state index contributed by atoms with van der Waals surface area (Å²) in [5.41, 5.74) is 1.81. The lowest BCUT2D eigenvalue weighted by Crippen LogP contribution is -2.28. The summed E-state index contributed by atoms with van der Waals surface area (Å²) in [4.78, 5) is 12.6. The molecule has 1 aromatic heterocycles. The smallest absolute Gasteiger partial charge is 0.230 e. The Bertz CT molecular complexity index is 1170. The minimum atomic E-state index is -0.116. The zero-order chi connectivity index (χ0) is 20.9. The van der Waals surface area contributed by atoms with Gasteiger partial charge in [-0.15, -0.1) is 5.10 Å². The number of hydrogen-bond acceptors (Lipinski definition) is 6. The van der Waals surface area contributed by atoms with Gasteiger partial charge in [-0.05, 0) is 45.8 Å². The quantitative estimate of drug-likeness (QED) is 0.459. The summed E-state index contributed by atoms with van der Waals surface area (Å²) in [6.07, 6.45) is 0. The van der Waals surface area contributed by atoms with E-state index in [0.29, 0.717) is 10.9 Å². The summed E-state index contributed by atoms with van der Waals surface area (Å²) in [6, 6.07) is 21.6. The van der Waals surface area contributed by atoms with E-state index in [9.17, 15) is 4.79 Å². The lowest BCUT2D eigenvalue weighted by atomic mass is 10.00. The number of para-hydroxylation sites is 2. The maximum absolute atomic E-state index is 12.6. The molecule has 0 spiro atoms. The summed E-state index contributed by atoms with van der Waals surface area (Å²) < 4.78 is 6.96. The van der Waals surface area contributed by atoms with Crippen molar-refractivity contribution in [3.8, 4) is 11.4 Å². The normalized spacial score (nSPS) is 11.9. The van der Waals surface area contributed by atoms with Crippen molar-refractivity contribution < 1.29 is 9.53 Å². The van der Waals surface area contributed by atoms with E-state index in [1.165, 1.54) is 11.8 Å². The van der Waals surface area contributed by atoms with E-state index in [4.69, 9.17) is 4.74 Å². The van der Waals surface area contributed by atoms with Crippen LogP contribution < -0.4 is 10.1 Å². The third kappa shape index (κ3) is 4.13. The number of fused-ring (bicyclic) bond motifs is 1. The molecule has 4 aromatic rings. The second-order valence-electron chi connectivity index (χ2n) is 6.69. The van der Waals surface area contributed by atoms with Crippen LogP contribution in [0, 0.1) is 0 Å². The van der Waals surface area contributed by atoms with Gasteiger partial charge in [0.05, 0.1) is 18.9 Å². The summed E-state index contributed by atoms with van der Waals surface area (Å²) in [7, 11) is 1.60. The third-order valence-corrected chi connectivity index (χ3v) is 5.67. The molecule has 0 saturated heterocycles. The molecule has 1 N–H and O–H groups in total. The van der Waals surface area contributed by atoms with E-state index in [1.54, 1.807) is 11.8 Å². The van der Waals surface area contributed by atoms with Crippen LogP contribution in [0.5, 0.6) is 5.75 Å². The predicted octanol–water partition coefficient (Wildman–Crippen LogP) is 3.79. The fourth-order valence-corrected chi connectivity index (χ4v) is 4.04. The number of nitrogens with zero attached hydrogens (tertiary/aromatic N) is 4. The highest BCUT2D eigenvalue weighted by Crippen LogP contribution is 2.26. The topological polar surface area (TPSA) is 81.9 Å². The molecule has 1 atom stereocenters. The van der Waals surface area contributed by atoms with Gasteiger partial charge in [0.1, 0.15) is 11.4 Å². The molecule has 0 radical (unpaired) electrons. The van der Waals surface area contributed by atoms with Crippen LogP contribution in [0.4, 0.5) is 0 Å². The van der Waals surface area contributed by atoms with Crippen LogP contribution in [-0.4, -0.2) is 39.0 Å². The molecular formula is C22H21N5O2S. The number of methoxy groups -OCH3 is 1. The van der Waals surface area contributed by atoms with Crippen LogP contribution in [0.15, 0.2) is 71.9 Å². The van der Waals surface area contributed by atoms with Gasteiger partial charge in [-0.2, -0.15) is 4.68 Å². The van der Waals surface area contributed by atoms with Gasteiger partial charge in [-0.25, -0.2) is 0 Å². The van der Waals surface area contributed by atoms with Crippen molar-refractivity contribution >= 4 is 28.4 Å². The lowest BCUT2D eigenvalue weighted by Gasteiger charge is -2.16. The third-order valence-electron chi connectivity index (χ3n) is 4.75. The van der Waals surface area contributed by atoms with Crippen molar-refractivity contribution in [2.45, 2.75) is 18.1 Å². The highest BCUT2D eigenvalue weighted by molar-refractivity contribution is 7.99. The van der Waals surface area contributed by atoms with Crippen LogP contribution in [0.2, 0.25) is 0 Å². The summed E-state index contributed by atoms with van der Waals surface area (Å²) in [5.74, 6) is 0.764. The molecule has 0 fully saturated rings. The van der Waals surface area contributed by atoms with Gasteiger partial charge in [-0.1, -0.05) is 66.4 Å². The fourth-order valence-electron chi connectivity index (χ4n) is 3.34. The van der Waals surface area contributed by atoms with E-state index in [1.807, 2.05) is 55.5 Å². The molecule has 0 aliphatic heterocycles. The van der Waals surface area contributed by atoms with E-state index >= 15 is 0 Å². The maximum Gasteiger partial charge on any atom is 0.230 e. The second kappa shape index (κ2) is 8.96. The molecule has 1 amide bonds. The van der Waals surface area contributed by atoms with Crippen molar-refractivity contribution in [2.75, 3.05) is 12.9 Å². The molecule has 0 aliphatic rings. The average molecular weight is 420 g/mol. The van der Waals surface area contributed by atoms with Crippen LogP contribution in [-0.2, 0) is 4.79 Å². The molecule has 0 bridgehead atoms. The van der Waals surface area contributed by atoms with E-state index < -0.39 is 0 Å². The van der Waals surface area contributed by atoms with Gasteiger partial charge in [0, 0.05) is 0 Å². The molecular weight excluding hydrogens is 398 g/mol. The number of carbonyl (C=O) groups is 1. The van der Waals surface area contributed by atoms with Gasteiger partial charge in [0.15, 0.2) is 0 Å². The van der Waals surface area contributed by atoms with Gasteiger partial charge >= 0.3 is 0 Å². The maximum atomic E-state index is 12.6. The first kappa shape index (κ1) is 19.9. The Kier molecular flexibility index (Phi) is 5.94. The Labute approximate surface area is 178 Å². The largest absolute Gasteiger partial charge is 0.494 e. The Morgan fingerprint density at radius 1 is 1.10 bits per heavy atom. The van der Waals surface area contributed by atoms with Crippen molar-refractivity contribution in [1.82, 2.24) is 25.5 Å². The summed E-state index contributed by atoms with van der Waals surface area (Å²) >= 11 is 1.28. The van der Waals surface area contributed by atoms with Crippen molar-refractivity contribution in [2.24, 2.45) is 0 Å². The number of carbonyl (C=O) groups excluding carboxylic acids is 1. The highest BCUT2D eigenvalue weighted by atomic mass is 32.2. The van der Waals surface area contributed by atoms with Gasteiger partial charge in [0.25, 0.3) is 0 Å². The van der Waals surface area contributed by atoms with Gasteiger partial charge in [0.2, 0.25) is 11.1 Å². The van der Waals surface area contributed by atoms with Crippen LogP contribution in [0.3, 0.4) is 0 Å². The molecule has 152 valence electrons. The summed E-state index contributed by atoms with van der Waals surface area (Å²) in [5, 5.41) is 17.7. The molecule has 4 rings (SSSR count). The molecule has 8 heteroatoms. The minimum Gasteiger partial charge on any atom is -0.494 e. The number of hydrogen-bond donors (Lipinski definition) is 1. The number of ether oxygens (including phenoxy) is 1. The standard InChI is InChI=1S/C22H21N5O2S/c1-15(17-11-7-9-16-8-3-4-10-18(16)17)23-21(28)14-30-22-24-25-26-27(22)19-12-5-6-13-20(19)29-2/h3-13,15H,14H2,1-2H3,(H,23,28)/t15-/m1/s1. The molecule has 3 aromatic carbocycles. The van der Waals surface area contributed by atoms with E-state index in [0.717, 1.165) is 22.0 Å². The average Bonchev–Trinajstić information content (AvgIpc) is 3.25. The van der Waals surface area contributed by atoms with Crippen molar-refractivity contribution in [3.63, 3.8) is 0 Å². The predicted molar refractivity (Wildman–Crippen MR) is 117 cm³/mol. The van der Waals surface area contributed by atoms with Crippen molar-refractivity contribution in [1.29, 1.82) is 0 Å². The van der Waals surface area contributed by atoms with E-state index in [-0.39, 0.29) is 17.7 Å². The van der Waals surface area contributed by atoms with Crippen LogP contribution in [0.25, 0.3) is 16.5 Å². The Morgan fingerprint density at radius 3 is 2.73 bits per heavy atom. The highest BCUT2D eigenvalue weighted by Gasteiger charge is 2.16. The number of aromatic nitrogens is 4. The first-order chi connectivity index (χ1) is 14.7. The lowest BCUT2D eigenvalue weighted by molar-refractivity contribution is -0.119. The number of amides is 1. The molecule has 1 heterocycles. The SMILES string of the molecule is COc1ccccc1-n1nnnc1SCC(=O)N[C@H](C)c1cccc2ccccc12. The molecule has 0 saturated carbocycles. The Hall–Kier alpha value is -3.39. The molecule has 0 aliphatic carbocycles. The zero-order valence-corrected chi connectivity index (χ0v) is 17.5. The van der Waals surface area contributed by atoms with Crippen LogP contribution in [0.1, 0.15) is 18.5 Å². The molecule has 0 unspecified atom stereocenters.